The van der Waals surface area contributed by atoms with E-state index >= 15 is 0 Å². The molecular weight excluding hydrogens is 278 g/mol. The van der Waals surface area contributed by atoms with Crippen molar-refractivity contribution >= 4 is 11.7 Å². The van der Waals surface area contributed by atoms with Crippen LogP contribution in [-0.4, -0.2) is 43.2 Å². The highest BCUT2D eigenvalue weighted by atomic mass is 16.5. The fraction of sp³-hybridized carbons (Fsp3) is 0.647. The van der Waals surface area contributed by atoms with Crippen molar-refractivity contribution in [1.82, 2.24) is 10.3 Å². The minimum absolute atomic E-state index is 0.0402. The van der Waals surface area contributed by atoms with E-state index < -0.39 is 0 Å². The summed E-state index contributed by atoms with van der Waals surface area (Å²) in [6.45, 7) is 2.71. The minimum atomic E-state index is -0.208. The topological polar surface area (TPSA) is 54.5 Å². The fourth-order valence-electron chi connectivity index (χ4n) is 3.38. The SMILES string of the molecule is COCC1(NC(=O)c2ccc(N3CCC3)nc2)CCCCC1. The van der Waals surface area contributed by atoms with Gasteiger partial charge in [-0.1, -0.05) is 19.3 Å². The zero-order valence-electron chi connectivity index (χ0n) is 13.3. The van der Waals surface area contributed by atoms with Gasteiger partial charge in [0, 0.05) is 26.4 Å². The third-order valence-corrected chi connectivity index (χ3v) is 4.80. The first-order valence-electron chi connectivity index (χ1n) is 8.25. The molecule has 1 saturated carbocycles. The largest absolute Gasteiger partial charge is 0.382 e. The van der Waals surface area contributed by atoms with Gasteiger partial charge in [-0.2, -0.15) is 0 Å². The molecule has 5 heteroatoms. The van der Waals surface area contributed by atoms with Gasteiger partial charge in [-0.25, -0.2) is 4.98 Å². The van der Waals surface area contributed by atoms with Crippen molar-refractivity contribution in [3.63, 3.8) is 0 Å². The fourth-order valence-corrected chi connectivity index (χ4v) is 3.38. The Hall–Kier alpha value is -1.62. The molecule has 1 saturated heterocycles. The zero-order valence-corrected chi connectivity index (χ0v) is 13.3. The second-order valence-corrected chi connectivity index (χ2v) is 6.47. The van der Waals surface area contributed by atoms with Gasteiger partial charge in [0.2, 0.25) is 0 Å². The first-order valence-corrected chi connectivity index (χ1v) is 8.25. The van der Waals surface area contributed by atoms with Crippen LogP contribution in [-0.2, 0) is 4.74 Å². The Bertz CT molecular complexity index is 500. The van der Waals surface area contributed by atoms with Gasteiger partial charge < -0.3 is 15.0 Å². The number of aromatic nitrogens is 1. The molecule has 120 valence electrons. The number of rotatable bonds is 5. The van der Waals surface area contributed by atoms with Crippen LogP contribution in [0.2, 0.25) is 0 Å². The highest BCUT2D eigenvalue weighted by molar-refractivity contribution is 5.94. The van der Waals surface area contributed by atoms with E-state index in [1.165, 1.54) is 12.8 Å². The van der Waals surface area contributed by atoms with E-state index in [9.17, 15) is 4.79 Å². The van der Waals surface area contributed by atoms with Gasteiger partial charge >= 0.3 is 0 Å². The predicted molar refractivity (Wildman–Crippen MR) is 86.2 cm³/mol. The molecule has 1 aromatic heterocycles. The van der Waals surface area contributed by atoms with E-state index in [0.29, 0.717) is 12.2 Å². The summed E-state index contributed by atoms with van der Waals surface area (Å²) < 4.78 is 5.36. The molecule has 2 fully saturated rings. The third-order valence-electron chi connectivity index (χ3n) is 4.80. The van der Waals surface area contributed by atoms with Crippen LogP contribution in [0.5, 0.6) is 0 Å². The molecule has 5 nitrogen and oxygen atoms in total. The summed E-state index contributed by atoms with van der Waals surface area (Å²) in [5.41, 5.74) is 0.422. The van der Waals surface area contributed by atoms with Gasteiger partial charge in [0.15, 0.2) is 0 Å². The second-order valence-electron chi connectivity index (χ2n) is 6.47. The smallest absolute Gasteiger partial charge is 0.253 e. The van der Waals surface area contributed by atoms with Crippen LogP contribution < -0.4 is 10.2 Å². The molecule has 0 radical (unpaired) electrons. The summed E-state index contributed by atoms with van der Waals surface area (Å²) in [7, 11) is 1.70. The number of hydrogen-bond donors (Lipinski definition) is 1. The number of pyridine rings is 1. The summed E-state index contributed by atoms with van der Waals surface area (Å²) in [6.07, 6.45) is 8.44. The Morgan fingerprint density at radius 3 is 2.59 bits per heavy atom. The van der Waals surface area contributed by atoms with E-state index in [4.69, 9.17) is 4.74 Å². The Labute approximate surface area is 132 Å². The number of carbonyl (C=O) groups is 1. The van der Waals surface area contributed by atoms with Crippen molar-refractivity contribution in [3.05, 3.63) is 23.9 Å². The van der Waals surface area contributed by atoms with Crippen LogP contribution in [0, 0.1) is 0 Å². The molecule has 1 aliphatic carbocycles. The van der Waals surface area contributed by atoms with Gasteiger partial charge in [-0.3, -0.25) is 4.79 Å². The van der Waals surface area contributed by atoms with Crippen LogP contribution >= 0.6 is 0 Å². The molecule has 1 aliphatic heterocycles. The number of nitrogens with zero attached hydrogens (tertiary/aromatic N) is 2. The Morgan fingerprint density at radius 2 is 2.05 bits per heavy atom. The van der Waals surface area contributed by atoms with Gasteiger partial charge in [0.25, 0.3) is 5.91 Å². The van der Waals surface area contributed by atoms with E-state index in [2.05, 4.69) is 15.2 Å². The quantitative estimate of drug-likeness (QED) is 0.907. The molecular formula is C17H25N3O2. The normalized spacial score (nSPS) is 20.3. The van der Waals surface area contributed by atoms with Crippen molar-refractivity contribution in [1.29, 1.82) is 0 Å². The maximum absolute atomic E-state index is 12.5. The number of methoxy groups -OCH3 is 1. The maximum Gasteiger partial charge on any atom is 0.253 e. The Balaban J connectivity index is 1.66. The molecule has 1 amide bonds. The number of hydrogen-bond acceptors (Lipinski definition) is 4. The molecule has 2 heterocycles. The molecule has 0 atom stereocenters. The lowest BCUT2D eigenvalue weighted by Crippen LogP contribution is -2.53. The number of amides is 1. The Morgan fingerprint density at radius 1 is 1.27 bits per heavy atom. The first-order chi connectivity index (χ1) is 10.7. The lowest BCUT2D eigenvalue weighted by Gasteiger charge is -2.37. The molecule has 0 spiro atoms. The van der Waals surface area contributed by atoms with Crippen molar-refractivity contribution in [3.8, 4) is 0 Å². The molecule has 0 unspecified atom stereocenters. The first kappa shape index (κ1) is 15.3. The predicted octanol–water partition coefficient (Wildman–Crippen LogP) is 2.37. The van der Waals surface area contributed by atoms with Crippen LogP contribution in [0.25, 0.3) is 0 Å². The average molecular weight is 303 g/mol. The Kier molecular flexibility index (Phi) is 4.62. The average Bonchev–Trinajstić information content (AvgIpc) is 2.47. The van der Waals surface area contributed by atoms with Gasteiger partial charge in [0.1, 0.15) is 5.82 Å². The van der Waals surface area contributed by atoms with Gasteiger partial charge in [-0.15, -0.1) is 0 Å². The van der Waals surface area contributed by atoms with Crippen molar-refractivity contribution < 1.29 is 9.53 Å². The number of ether oxygens (including phenoxy) is 1. The van der Waals surface area contributed by atoms with Crippen molar-refractivity contribution in [2.45, 2.75) is 44.1 Å². The van der Waals surface area contributed by atoms with Gasteiger partial charge in [0.05, 0.1) is 17.7 Å². The van der Waals surface area contributed by atoms with Crippen LogP contribution in [0.1, 0.15) is 48.9 Å². The van der Waals surface area contributed by atoms with E-state index in [1.807, 2.05) is 12.1 Å². The second kappa shape index (κ2) is 6.65. The van der Waals surface area contributed by atoms with Crippen LogP contribution in [0.15, 0.2) is 18.3 Å². The summed E-state index contributed by atoms with van der Waals surface area (Å²) in [4.78, 5) is 19.2. The van der Waals surface area contributed by atoms with E-state index in [1.54, 1.807) is 13.3 Å². The molecule has 22 heavy (non-hydrogen) atoms. The summed E-state index contributed by atoms with van der Waals surface area (Å²) in [5, 5.41) is 3.21. The standard InChI is InChI=1S/C17H25N3O2/c1-22-13-17(8-3-2-4-9-17)19-16(21)14-6-7-15(18-12-14)20-10-5-11-20/h6-7,12H,2-5,8-11,13H2,1H3,(H,19,21). The summed E-state index contributed by atoms with van der Waals surface area (Å²) in [5.74, 6) is 0.925. The number of nitrogens with one attached hydrogen (secondary N) is 1. The van der Waals surface area contributed by atoms with E-state index in [-0.39, 0.29) is 11.4 Å². The van der Waals surface area contributed by atoms with Crippen molar-refractivity contribution in [2.24, 2.45) is 0 Å². The minimum Gasteiger partial charge on any atom is -0.382 e. The monoisotopic (exact) mass is 303 g/mol. The summed E-state index contributed by atoms with van der Waals surface area (Å²) in [6, 6.07) is 3.82. The zero-order chi connectivity index (χ0) is 15.4. The van der Waals surface area contributed by atoms with Crippen molar-refractivity contribution in [2.75, 3.05) is 31.7 Å². The molecule has 3 rings (SSSR count). The number of anilines is 1. The molecule has 0 aromatic carbocycles. The lowest BCUT2D eigenvalue weighted by atomic mass is 9.82. The lowest BCUT2D eigenvalue weighted by molar-refractivity contribution is 0.0638. The molecule has 1 N–H and O–H groups in total. The molecule has 0 bridgehead atoms. The molecule has 2 aliphatic rings. The van der Waals surface area contributed by atoms with Gasteiger partial charge in [-0.05, 0) is 31.4 Å². The maximum atomic E-state index is 12.5. The third kappa shape index (κ3) is 3.24. The number of carbonyl (C=O) groups excluding carboxylic acids is 1. The highest BCUT2D eigenvalue weighted by Gasteiger charge is 2.34. The van der Waals surface area contributed by atoms with E-state index in [0.717, 1.165) is 44.6 Å². The molecule has 1 aromatic rings. The van der Waals surface area contributed by atoms with Crippen LogP contribution in [0.3, 0.4) is 0 Å². The van der Waals surface area contributed by atoms with Crippen LogP contribution in [0.4, 0.5) is 5.82 Å². The highest BCUT2D eigenvalue weighted by Crippen LogP contribution is 2.29. The summed E-state index contributed by atoms with van der Waals surface area (Å²) >= 11 is 0.